The maximum atomic E-state index is 12.6. The van der Waals surface area contributed by atoms with Crippen LogP contribution >= 0.6 is 0 Å². The first-order chi connectivity index (χ1) is 12.7. The van der Waals surface area contributed by atoms with Crippen LogP contribution in [0.4, 0.5) is 0 Å². The van der Waals surface area contributed by atoms with Gasteiger partial charge in [-0.3, -0.25) is 4.79 Å². The molecule has 1 atom stereocenters. The number of rotatable bonds is 5. The van der Waals surface area contributed by atoms with Gasteiger partial charge in [0.25, 0.3) is 5.91 Å². The van der Waals surface area contributed by atoms with Crippen molar-refractivity contribution in [3.8, 4) is 5.75 Å². The number of hydrogen-bond acceptors (Lipinski definition) is 4. The molecule has 1 N–H and O–H groups in total. The number of H-pyrrole nitrogens is 1. The number of benzene rings is 1. The number of nitrogens with zero attached hydrogens (tertiary/aromatic N) is 2. The van der Waals surface area contributed by atoms with E-state index in [1.165, 1.54) is 19.4 Å². The molecule has 1 unspecified atom stereocenters. The number of amides is 1. The largest absolute Gasteiger partial charge is 0.494 e. The van der Waals surface area contributed by atoms with Gasteiger partial charge in [-0.2, -0.15) is 0 Å². The summed E-state index contributed by atoms with van der Waals surface area (Å²) in [6, 6.07) is 8.54. The lowest BCUT2D eigenvalue weighted by Gasteiger charge is -2.26. The van der Waals surface area contributed by atoms with Crippen molar-refractivity contribution in [3.05, 3.63) is 30.0 Å². The molecule has 0 saturated carbocycles. The first kappa shape index (κ1) is 17.4. The molecule has 140 valence electrons. The van der Waals surface area contributed by atoms with E-state index >= 15 is 0 Å². The van der Waals surface area contributed by atoms with Crippen molar-refractivity contribution >= 4 is 16.8 Å². The number of fused-ring (bicyclic) bond motifs is 1. The van der Waals surface area contributed by atoms with E-state index < -0.39 is 0 Å². The zero-order chi connectivity index (χ0) is 17.9. The average molecular weight is 357 g/mol. The van der Waals surface area contributed by atoms with Gasteiger partial charge in [-0.05, 0) is 57.1 Å². The summed E-state index contributed by atoms with van der Waals surface area (Å²) >= 11 is 0. The van der Waals surface area contributed by atoms with Crippen LogP contribution in [0.3, 0.4) is 0 Å². The Bertz CT molecular complexity index is 767. The SMILES string of the molecule is CN1CCCC1CCOc1ccc2[nH]c(C(=O)N3CCOCC3)cc2c1. The van der Waals surface area contributed by atoms with Crippen molar-refractivity contribution in [2.45, 2.75) is 25.3 Å². The van der Waals surface area contributed by atoms with Crippen LogP contribution < -0.4 is 4.74 Å². The summed E-state index contributed by atoms with van der Waals surface area (Å²) in [5.74, 6) is 0.902. The van der Waals surface area contributed by atoms with Crippen LogP contribution in [0.5, 0.6) is 5.75 Å². The monoisotopic (exact) mass is 357 g/mol. The van der Waals surface area contributed by atoms with Crippen molar-refractivity contribution in [2.24, 2.45) is 0 Å². The lowest BCUT2D eigenvalue weighted by molar-refractivity contribution is 0.0299. The number of likely N-dealkylation sites (tertiary alicyclic amines) is 1. The Morgan fingerprint density at radius 2 is 2.12 bits per heavy atom. The molecule has 0 bridgehead atoms. The molecule has 2 fully saturated rings. The van der Waals surface area contributed by atoms with Gasteiger partial charge in [0.1, 0.15) is 11.4 Å². The number of aromatic amines is 1. The summed E-state index contributed by atoms with van der Waals surface area (Å²) in [6.07, 6.45) is 3.61. The van der Waals surface area contributed by atoms with Gasteiger partial charge in [-0.15, -0.1) is 0 Å². The number of aromatic nitrogens is 1. The number of ether oxygens (including phenoxy) is 2. The zero-order valence-corrected chi connectivity index (χ0v) is 15.4. The summed E-state index contributed by atoms with van der Waals surface area (Å²) in [6.45, 7) is 4.45. The molecule has 1 aromatic heterocycles. The van der Waals surface area contributed by atoms with Crippen molar-refractivity contribution in [1.29, 1.82) is 0 Å². The fourth-order valence-corrected chi connectivity index (χ4v) is 3.91. The Morgan fingerprint density at radius 1 is 1.27 bits per heavy atom. The van der Waals surface area contributed by atoms with Crippen LogP contribution in [0, 0.1) is 0 Å². The van der Waals surface area contributed by atoms with E-state index in [0.717, 1.165) is 29.7 Å². The summed E-state index contributed by atoms with van der Waals surface area (Å²) in [5.41, 5.74) is 1.59. The van der Waals surface area contributed by atoms with Crippen LogP contribution in [0.1, 0.15) is 29.8 Å². The van der Waals surface area contributed by atoms with Crippen molar-refractivity contribution in [3.63, 3.8) is 0 Å². The minimum Gasteiger partial charge on any atom is -0.494 e. The molecule has 2 aliphatic heterocycles. The first-order valence-electron chi connectivity index (χ1n) is 9.53. The minimum atomic E-state index is 0.0382. The molecule has 3 heterocycles. The molecule has 6 nitrogen and oxygen atoms in total. The fraction of sp³-hybridized carbons (Fsp3) is 0.550. The maximum Gasteiger partial charge on any atom is 0.270 e. The van der Waals surface area contributed by atoms with Crippen LogP contribution in [0.25, 0.3) is 10.9 Å². The molecule has 2 saturated heterocycles. The average Bonchev–Trinajstić information content (AvgIpc) is 3.27. The van der Waals surface area contributed by atoms with Gasteiger partial charge >= 0.3 is 0 Å². The lowest BCUT2D eigenvalue weighted by atomic mass is 10.1. The number of nitrogens with one attached hydrogen (secondary N) is 1. The highest BCUT2D eigenvalue weighted by atomic mass is 16.5. The second kappa shape index (κ2) is 7.68. The van der Waals surface area contributed by atoms with Gasteiger partial charge in [0.2, 0.25) is 0 Å². The third kappa shape index (κ3) is 3.71. The van der Waals surface area contributed by atoms with E-state index in [2.05, 4.69) is 16.9 Å². The van der Waals surface area contributed by atoms with Gasteiger partial charge in [0.15, 0.2) is 0 Å². The third-order valence-corrected chi connectivity index (χ3v) is 5.51. The Morgan fingerprint density at radius 3 is 2.88 bits per heavy atom. The summed E-state index contributed by atoms with van der Waals surface area (Å²) in [5, 5.41) is 1.01. The smallest absolute Gasteiger partial charge is 0.270 e. The maximum absolute atomic E-state index is 12.6. The van der Waals surface area contributed by atoms with Crippen molar-refractivity contribution in [2.75, 3.05) is 46.5 Å². The molecule has 0 aliphatic carbocycles. The molecule has 2 aromatic rings. The van der Waals surface area contributed by atoms with Gasteiger partial charge in [-0.1, -0.05) is 0 Å². The number of carbonyl (C=O) groups is 1. The standard InChI is InChI=1S/C20H27N3O3/c1-22-7-2-3-16(22)6-10-26-17-4-5-18-15(13-17)14-19(21-18)20(24)23-8-11-25-12-9-23/h4-5,13-14,16,21H,2-3,6-12H2,1H3. The Balaban J connectivity index is 1.39. The summed E-state index contributed by atoms with van der Waals surface area (Å²) in [4.78, 5) is 20.1. The predicted octanol–water partition coefficient (Wildman–Crippen LogP) is 2.50. The minimum absolute atomic E-state index is 0.0382. The van der Waals surface area contributed by atoms with E-state index in [1.807, 2.05) is 29.2 Å². The van der Waals surface area contributed by atoms with Crippen molar-refractivity contribution in [1.82, 2.24) is 14.8 Å². The Labute approximate surface area is 154 Å². The summed E-state index contributed by atoms with van der Waals surface area (Å²) in [7, 11) is 2.19. The molecule has 0 spiro atoms. The number of morpholine rings is 1. The molecule has 6 heteroatoms. The molecule has 1 amide bonds. The first-order valence-corrected chi connectivity index (χ1v) is 9.53. The number of carbonyl (C=O) groups excluding carboxylic acids is 1. The predicted molar refractivity (Wildman–Crippen MR) is 101 cm³/mol. The Kier molecular flexibility index (Phi) is 5.13. The van der Waals surface area contributed by atoms with E-state index in [9.17, 15) is 4.79 Å². The molecule has 4 rings (SSSR count). The van der Waals surface area contributed by atoms with Gasteiger partial charge in [0.05, 0.1) is 19.8 Å². The van der Waals surface area contributed by atoms with E-state index in [-0.39, 0.29) is 5.91 Å². The third-order valence-electron chi connectivity index (χ3n) is 5.51. The second-order valence-corrected chi connectivity index (χ2v) is 7.25. The van der Waals surface area contributed by atoms with E-state index in [4.69, 9.17) is 9.47 Å². The molecule has 1 aromatic carbocycles. The van der Waals surface area contributed by atoms with Crippen molar-refractivity contribution < 1.29 is 14.3 Å². The lowest BCUT2D eigenvalue weighted by Crippen LogP contribution is -2.40. The molecule has 2 aliphatic rings. The van der Waals surface area contributed by atoms with Gasteiger partial charge in [-0.25, -0.2) is 0 Å². The molecule has 26 heavy (non-hydrogen) atoms. The molecular weight excluding hydrogens is 330 g/mol. The number of hydrogen-bond donors (Lipinski definition) is 1. The molecular formula is C20H27N3O3. The van der Waals surface area contributed by atoms with Crippen LogP contribution in [-0.2, 0) is 4.74 Å². The van der Waals surface area contributed by atoms with E-state index in [0.29, 0.717) is 38.0 Å². The van der Waals surface area contributed by atoms with E-state index in [1.54, 1.807) is 0 Å². The zero-order valence-electron chi connectivity index (χ0n) is 15.4. The normalized spacial score (nSPS) is 21.4. The highest BCUT2D eigenvalue weighted by Gasteiger charge is 2.21. The second-order valence-electron chi connectivity index (χ2n) is 7.25. The highest BCUT2D eigenvalue weighted by Crippen LogP contribution is 2.24. The fourth-order valence-electron chi connectivity index (χ4n) is 3.91. The van der Waals surface area contributed by atoms with Gasteiger partial charge in [0, 0.05) is 30.0 Å². The van der Waals surface area contributed by atoms with Gasteiger partial charge < -0.3 is 24.3 Å². The Hall–Kier alpha value is -2.05. The molecule has 0 radical (unpaired) electrons. The van der Waals surface area contributed by atoms with Crippen LogP contribution in [-0.4, -0.2) is 73.2 Å². The van der Waals surface area contributed by atoms with Crippen LogP contribution in [0.2, 0.25) is 0 Å². The topological polar surface area (TPSA) is 57.8 Å². The highest BCUT2D eigenvalue weighted by molar-refractivity contribution is 5.98. The quantitative estimate of drug-likeness (QED) is 0.893. The summed E-state index contributed by atoms with van der Waals surface area (Å²) < 4.78 is 11.3. The van der Waals surface area contributed by atoms with Crippen LogP contribution in [0.15, 0.2) is 24.3 Å².